The van der Waals surface area contributed by atoms with Gasteiger partial charge in [-0.25, -0.2) is 0 Å². The molecule has 0 amide bonds. The number of rotatable bonds is 2. The fraction of sp³-hybridized carbons (Fsp3) is 0.357. The molecule has 0 radical (unpaired) electrons. The zero-order valence-corrected chi connectivity index (χ0v) is 9.62. The molecule has 0 aliphatic heterocycles. The first-order valence-corrected chi connectivity index (χ1v) is 5.58. The quantitative estimate of drug-likeness (QED) is 0.710. The van der Waals surface area contributed by atoms with Crippen molar-refractivity contribution >= 4 is 10.9 Å². The number of nitrogens with zero attached hydrogens (tertiary/aromatic N) is 1. The normalized spacial score (nSPS) is 13.0. The summed E-state index contributed by atoms with van der Waals surface area (Å²) in [6.45, 7) is 6.54. The Balaban J connectivity index is 2.66. The topological polar surface area (TPSA) is 12.9 Å². The minimum atomic E-state index is 0.609. The van der Waals surface area contributed by atoms with Crippen molar-refractivity contribution < 1.29 is 0 Å². The van der Waals surface area contributed by atoms with Gasteiger partial charge >= 0.3 is 0 Å². The monoisotopic (exact) mass is 199 g/mol. The molecule has 1 unspecified atom stereocenters. The van der Waals surface area contributed by atoms with Crippen LogP contribution in [-0.4, -0.2) is 4.98 Å². The van der Waals surface area contributed by atoms with Crippen molar-refractivity contribution in [2.24, 2.45) is 0 Å². The van der Waals surface area contributed by atoms with Crippen molar-refractivity contribution in [3.8, 4) is 0 Å². The van der Waals surface area contributed by atoms with Crippen LogP contribution >= 0.6 is 0 Å². The fourth-order valence-electron chi connectivity index (χ4n) is 1.93. The van der Waals surface area contributed by atoms with Crippen LogP contribution in [0.15, 0.2) is 30.3 Å². The third-order valence-electron chi connectivity index (χ3n) is 3.05. The fourth-order valence-corrected chi connectivity index (χ4v) is 1.93. The Bertz CT molecular complexity index is 474. The van der Waals surface area contributed by atoms with Crippen LogP contribution in [0.25, 0.3) is 10.9 Å². The van der Waals surface area contributed by atoms with Crippen molar-refractivity contribution in [1.82, 2.24) is 4.98 Å². The molecule has 1 aromatic carbocycles. The SMILES string of the molecule is CCC(C)c1cccc2nc(C)ccc12. The first kappa shape index (κ1) is 10.2. The molecule has 0 aliphatic rings. The highest BCUT2D eigenvalue weighted by atomic mass is 14.7. The smallest absolute Gasteiger partial charge is 0.0708 e. The van der Waals surface area contributed by atoms with E-state index in [2.05, 4.69) is 49.2 Å². The van der Waals surface area contributed by atoms with E-state index in [4.69, 9.17) is 0 Å². The molecule has 1 heterocycles. The van der Waals surface area contributed by atoms with E-state index < -0.39 is 0 Å². The van der Waals surface area contributed by atoms with Crippen LogP contribution in [0.5, 0.6) is 0 Å². The predicted molar refractivity (Wildman–Crippen MR) is 65.2 cm³/mol. The summed E-state index contributed by atoms with van der Waals surface area (Å²) >= 11 is 0. The van der Waals surface area contributed by atoms with E-state index in [9.17, 15) is 0 Å². The largest absolute Gasteiger partial charge is 0.253 e. The van der Waals surface area contributed by atoms with Gasteiger partial charge in [-0.3, -0.25) is 4.98 Å². The maximum absolute atomic E-state index is 4.55. The first-order chi connectivity index (χ1) is 7.22. The predicted octanol–water partition coefficient (Wildman–Crippen LogP) is 4.06. The summed E-state index contributed by atoms with van der Waals surface area (Å²) in [6.07, 6.45) is 1.17. The summed E-state index contributed by atoms with van der Waals surface area (Å²) in [6, 6.07) is 10.7. The van der Waals surface area contributed by atoms with Crippen LogP contribution < -0.4 is 0 Å². The lowest BCUT2D eigenvalue weighted by atomic mass is 9.94. The van der Waals surface area contributed by atoms with Crippen molar-refractivity contribution in [1.29, 1.82) is 0 Å². The lowest BCUT2D eigenvalue weighted by molar-refractivity contribution is 0.739. The maximum atomic E-state index is 4.55. The Kier molecular flexibility index (Phi) is 2.72. The van der Waals surface area contributed by atoms with Gasteiger partial charge in [-0.2, -0.15) is 0 Å². The van der Waals surface area contributed by atoms with Crippen molar-refractivity contribution in [3.05, 3.63) is 41.6 Å². The first-order valence-electron chi connectivity index (χ1n) is 5.58. The molecule has 78 valence electrons. The summed E-state index contributed by atoms with van der Waals surface area (Å²) in [5.74, 6) is 0.609. The number of hydrogen-bond acceptors (Lipinski definition) is 1. The van der Waals surface area contributed by atoms with Crippen LogP contribution in [0.2, 0.25) is 0 Å². The number of aryl methyl sites for hydroxylation is 1. The second-order valence-electron chi connectivity index (χ2n) is 4.18. The van der Waals surface area contributed by atoms with Gasteiger partial charge in [0.25, 0.3) is 0 Å². The lowest BCUT2D eigenvalue weighted by Crippen LogP contribution is -1.94. The summed E-state index contributed by atoms with van der Waals surface area (Å²) in [5.41, 5.74) is 3.62. The Morgan fingerprint density at radius 2 is 2.00 bits per heavy atom. The summed E-state index contributed by atoms with van der Waals surface area (Å²) in [5, 5.41) is 1.30. The number of pyridine rings is 1. The second kappa shape index (κ2) is 4.01. The van der Waals surface area contributed by atoms with E-state index in [1.165, 1.54) is 17.4 Å². The van der Waals surface area contributed by atoms with Gasteiger partial charge < -0.3 is 0 Å². The van der Waals surface area contributed by atoms with Crippen LogP contribution in [0, 0.1) is 6.92 Å². The zero-order chi connectivity index (χ0) is 10.8. The van der Waals surface area contributed by atoms with Gasteiger partial charge in [0.15, 0.2) is 0 Å². The molecular formula is C14H17N. The van der Waals surface area contributed by atoms with Gasteiger partial charge in [0.05, 0.1) is 5.52 Å². The molecule has 0 spiro atoms. The molecule has 0 saturated carbocycles. The molecule has 15 heavy (non-hydrogen) atoms. The van der Waals surface area contributed by atoms with Crippen LogP contribution in [-0.2, 0) is 0 Å². The van der Waals surface area contributed by atoms with E-state index >= 15 is 0 Å². The average Bonchev–Trinajstić information content (AvgIpc) is 2.26. The highest BCUT2D eigenvalue weighted by molar-refractivity contribution is 5.82. The van der Waals surface area contributed by atoms with Gasteiger partial charge in [-0.05, 0) is 37.0 Å². The van der Waals surface area contributed by atoms with Gasteiger partial charge in [0.1, 0.15) is 0 Å². The van der Waals surface area contributed by atoms with E-state index in [0.29, 0.717) is 5.92 Å². The molecule has 0 fully saturated rings. The third-order valence-corrected chi connectivity index (χ3v) is 3.05. The minimum Gasteiger partial charge on any atom is -0.253 e. The van der Waals surface area contributed by atoms with E-state index in [1.54, 1.807) is 0 Å². The molecular weight excluding hydrogens is 182 g/mol. The summed E-state index contributed by atoms with van der Waals surface area (Å²) in [7, 11) is 0. The average molecular weight is 199 g/mol. The molecule has 1 nitrogen and oxygen atoms in total. The Labute approximate surface area is 91.2 Å². The van der Waals surface area contributed by atoms with Gasteiger partial charge in [-0.1, -0.05) is 32.0 Å². The molecule has 0 bridgehead atoms. The van der Waals surface area contributed by atoms with Crippen LogP contribution in [0.3, 0.4) is 0 Å². The number of fused-ring (bicyclic) bond motifs is 1. The second-order valence-corrected chi connectivity index (χ2v) is 4.18. The Hall–Kier alpha value is -1.37. The minimum absolute atomic E-state index is 0.609. The number of aromatic nitrogens is 1. The standard InChI is InChI=1S/C14H17N/c1-4-10(2)12-6-5-7-14-13(12)9-8-11(3)15-14/h5-10H,4H2,1-3H3. The van der Waals surface area contributed by atoms with E-state index in [0.717, 1.165) is 11.2 Å². The Morgan fingerprint density at radius 1 is 1.20 bits per heavy atom. The summed E-state index contributed by atoms with van der Waals surface area (Å²) in [4.78, 5) is 4.55. The Morgan fingerprint density at radius 3 is 2.73 bits per heavy atom. The van der Waals surface area contributed by atoms with Gasteiger partial charge in [0, 0.05) is 11.1 Å². The highest BCUT2D eigenvalue weighted by Crippen LogP contribution is 2.26. The lowest BCUT2D eigenvalue weighted by Gasteiger charge is -2.12. The van der Waals surface area contributed by atoms with E-state index in [-0.39, 0.29) is 0 Å². The molecule has 0 N–H and O–H groups in total. The van der Waals surface area contributed by atoms with E-state index in [1.807, 2.05) is 6.92 Å². The number of hydrogen-bond donors (Lipinski definition) is 0. The molecule has 1 atom stereocenters. The zero-order valence-electron chi connectivity index (χ0n) is 9.62. The molecule has 2 aromatic rings. The van der Waals surface area contributed by atoms with Crippen molar-refractivity contribution in [3.63, 3.8) is 0 Å². The molecule has 0 aliphatic carbocycles. The van der Waals surface area contributed by atoms with Crippen LogP contribution in [0.1, 0.15) is 37.4 Å². The summed E-state index contributed by atoms with van der Waals surface area (Å²) < 4.78 is 0. The highest BCUT2D eigenvalue weighted by Gasteiger charge is 2.07. The number of benzene rings is 1. The molecule has 1 aromatic heterocycles. The van der Waals surface area contributed by atoms with Crippen molar-refractivity contribution in [2.75, 3.05) is 0 Å². The van der Waals surface area contributed by atoms with Crippen molar-refractivity contribution in [2.45, 2.75) is 33.1 Å². The molecule has 0 saturated heterocycles. The molecule has 1 heteroatoms. The maximum Gasteiger partial charge on any atom is 0.0708 e. The van der Waals surface area contributed by atoms with Crippen LogP contribution in [0.4, 0.5) is 0 Å². The van der Waals surface area contributed by atoms with Gasteiger partial charge in [-0.15, -0.1) is 0 Å². The third kappa shape index (κ3) is 1.87. The van der Waals surface area contributed by atoms with Gasteiger partial charge in [0.2, 0.25) is 0 Å². The molecule has 2 rings (SSSR count).